The Balaban J connectivity index is 1.92. The molecule has 0 aliphatic carbocycles. The first-order valence-electron chi connectivity index (χ1n) is 7.06. The lowest BCUT2D eigenvalue weighted by Crippen LogP contribution is -2.29. The Morgan fingerprint density at radius 2 is 2.00 bits per heavy atom. The van der Waals surface area contributed by atoms with Crippen LogP contribution in [0, 0.1) is 18.6 Å². The quantitative estimate of drug-likeness (QED) is 0.656. The number of carbonyl (C=O) groups is 2. The molecule has 4 nitrogen and oxygen atoms in total. The summed E-state index contributed by atoms with van der Waals surface area (Å²) in [5.41, 5.74) is -0.312. The molecular weight excluding hydrogens is 336 g/mol. The number of carbonyl (C=O) groups excluding carboxylic acids is 2. The van der Waals surface area contributed by atoms with E-state index in [4.69, 9.17) is 4.74 Å². The van der Waals surface area contributed by atoms with E-state index in [2.05, 4.69) is 5.32 Å². The van der Waals surface area contributed by atoms with Crippen LogP contribution in [0.4, 0.5) is 14.5 Å². The lowest BCUT2D eigenvalue weighted by atomic mass is 10.2. The van der Waals surface area contributed by atoms with Crippen molar-refractivity contribution < 1.29 is 23.1 Å². The summed E-state index contributed by atoms with van der Waals surface area (Å²) in [6, 6.07) is 6.45. The van der Waals surface area contributed by atoms with Crippen LogP contribution in [0.5, 0.6) is 0 Å². The lowest BCUT2D eigenvalue weighted by Gasteiger charge is -2.12. The molecule has 2 aromatic rings. The number of esters is 1. The number of hydrogen-bond acceptors (Lipinski definition) is 4. The number of halogens is 2. The SMILES string of the molecule is Cc1ccc(/C=C/C(=O)O[C@@H](C)C(=O)Nc2cc(F)ccc2F)s1. The summed E-state index contributed by atoms with van der Waals surface area (Å²) in [6.45, 7) is 3.28. The molecule has 0 bridgehead atoms. The van der Waals surface area contributed by atoms with Gasteiger partial charge in [-0.2, -0.15) is 0 Å². The zero-order valence-electron chi connectivity index (χ0n) is 13.0. The number of nitrogens with one attached hydrogen (secondary N) is 1. The molecule has 1 N–H and O–H groups in total. The predicted octanol–water partition coefficient (Wildman–Crippen LogP) is 3.92. The van der Waals surface area contributed by atoms with Crippen LogP contribution in [0.2, 0.25) is 0 Å². The molecule has 0 saturated carbocycles. The number of ether oxygens (including phenoxy) is 1. The average molecular weight is 351 g/mol. The van der Waals surface area contributed by atoms with Crippen molar-refractivity contribution in [1.29, 1.82) is 0 Å². The van der Waals surface area contributed by atoms with Crippen molar-refractivity contribution in [3.8, 4) is 0 Å². The fourth-order valence-electron chi connectivity index (χ4n) is 1.79. The minimum atomic E-state index is -1.16. The van der Waals surface area contributed by atoms with E-state index >= 15 is 0 Å². The van der Waals surface area contributed by atoms with Crippen molar-refractivity contribution in [3.05, 3.63) is 57.8 Å². The first-order valence-corrected chi connectivity index (χ1v) is 7.88. The number of thiophene rings is 1. The maximum absolute atomic E-state index is 13.5. The van der Waals surface area contributed by atoms with Gasteiger partial charge in [-0.25, -0.2) is 13.6 Å². The van der Waals surface area contributed by atoms with Crippen molar-refractivity contribution >= 4 is 35.0 Å². The van der Waals surface area contributed by atoms with Crippen molar-refractivity contribution in [3.63, 3.8) is 0 Å². The molecule has 1 aromatic heterocycles. The van der Waals surface area contributed by atoms with Crippen LogP contribution >= 0.6 is 11.3 Å². The number of anilines is 1. The maximum Gasteiger partial charge on any atom is 0.331 e. The third-order valence-corrected chi connectivity index (χ3v) is 3.96. The Morgan fingerprint density at radius 1 is 1.25 bits per heavy atom. The summed E-state index contributed by atoms with van der Waals surface area (Å²) in [4.78, 5) is 25.6. The Labute approximate surface area is 141 Å². The molecule has 0 aliphatic rings. The summed E-state index contributed by atoms with van der Waals surface area (Å²) in [6.07, 6.45) is 1.63. The predicted molar refractivity (Wildman–Crippen MR) is 88.6 cm³/mol. The van der Waals surface area contributed by atoms with Gasteiger partial charge >= 0.3 is 5.97 Å². The molecule has 2 rings (SSSR count). The van der Waals surface area contributed by atoms with Gasteiger partial charge in [-0.05, 0) is 44.2 Å². The molecule has 0 saturated heterocycles. The first-order chi connectivity index (χ1) is 11.3. The van der Waals surface area contributed by atoms with Gasteiger partial charge in [0, 0.05) is 21.9 Å². The highest BCUT2D eigenvalue weighted by Gasteiger charge is 2.18. The molecule has 1 atom stereocenters. The van der Waals surface area contributed by atoms with Crippen LogP contribution in [-0.4, -0.2) is 18.0 Å². The molecule has 0 aliphatic heterocycles. The number of amides is 1. The molecule has 1 amide bonds. The zero-order chi connectivity index (χ0) is 17.7. The van der Waals surface area contributed by atoms with E-state index in [9.17, 15) is 18.4 Å². The van der Waals surface area contributed by atoms with Crippen LogP contribution in [0.25, 0.3) is 6.08 Å². The molecule has 0 fully saturated rings. The molecule has 0 radical (unpaired) electrons. The summed E-state index contributed by atoms with van der Waals surface area (Å²) in [7, 11) is 0. The van der Waals surface area contributed by atoms with E-state index in [-0.39, 0.29) is 5.69 Å². The van der Waals surface area contributed by atoms with Gasteiger partial charge in [0.05, 0.1) is 5.69 Å². The summed E-state index contributed by atoms with van der Waals surface area (Å²) < 4.78 is 31.5. The summed E-state index contributed by atoms with van der Waals surface area (Å²) in [5.74, 6) is -2.93. The molecular formula is C17H15F2NO3S. The number of benzene rings is 1. The molecule has 0 unspecified atom stereocenters. The number of rotatable bonds is 5. The van der Waals surface area contributed by atoms with Crippen LogP contribution in [0.3, 0.4) is 0 Å². The second-order valence-corrected chi connectivity index (χ2v) is 6.29. The van der Waals surface area contributed by atoms with Gasteiger partial charge in [-0.15, -0.1) is 11.3 Å². The minimum Gasteiger partial charge on any atom is -0.449 e. The van der Waals surface area contributed by atoms with Crippen molar-refractivity contribution in [1.82, 2.24) is 0 Å². The largest absolute Gasteiger partial charge is 0.449 e. The van der Waals surface area contributed by atoms with Gasteiger partial charge in [0.2, 0.25) is 0 Å². The second-order valence-electron chi connectivity index (χ2n) is 4.97. The number of hydrogen-bond donors (Lipinski definition) is 1. The summed E-state index contributed by atoms with van der Waals surface area (Å²) in [5, 5.41) is 2.18. The second kappa shape index (κ2) is 7.83. The van der Waals surface area contributed by atoms with Gasteiger partial charge in [-0.3, -0.25) is 4.79 Å². The summed E-state index contributed by atoms with van der Waals surface area (Å²) >= 11 is 1.51. The van der Waals surface area contributed by atoms with Gasteiger partial charge < -0.3 is 10.1 Å². The average Bonchev–Trinajstić information content (AvgIpc) is 2.94. The molecule has 24 heavy (non-hydrogen) atoms. The topological polar surface area (TPSA) is 55.4 Å². The molecule has 7 heteroatoms. The van der Waals surface area contributed by atoms with Gasteiger partial charge in [0.15, 0.2) is 6.10 Å². The monoisotopic (exact) mass is 351 g/mol. The van der Waals surface area contributed by atoms with Crippen molar-refractivity contribution in [2.75, 3.05) is 5.32 Å². The minimum absolute atomic E-state index is 0.312. The Morgan fingerprint density at radius 3 is 2.67 bits per heavy atom. The Hall–Kier alpha value is -2.54. The lowest BCUT2D eigenvalue weighted by molar-refractivity contribution is -0.148. The highest BCUT2D eigenvalue weighted by molar-refractivity contribution is 7.12. The third-order valence-electron chi connectivity index (χ3n) is 2.99. The van der Waals surface area contributed by atoms with Crippen LogP contribution in [0.1, 0.15) is 16.7 Å². The Bertz CT molecular complexity index is 786. The molecule has 0 spiro atoms. The van der Waals surface area contributed by atoms with E-state index in [1.807, 2.05) is 19.1 Å². The fourth-order valence-corrected chi connectivity index (χ4v) is 2.57. The standard InChI is InChI=1S/C17H15F2NO3S/c1-10-3-5-13(24-10)6-8-16(21)23-11(2)17(22)20-15-9-12(18)4-7-14(15)19/h3-9,11H,1-2H3,(H,20,22)/b8-6+/t11-/m0/s1. The fraction of sp³-hybridized carbons (Fsp3) is 0.176. The van der Waals surface area contributed by atoms with Gasteiger partial charge in [-0.1, -0.05) is 0 Å². The van der Waals surface area contributed by atoms with Crippen molar-refractivity contribution in [2.45, 2.75) is 20.0 Å². The highest BCUT2D eigenvalue weighted by atomic mass is 32.1. The number of aryl methyl sites for hydroxylation is 1. The van der Waals surface area contributed by atoms with E-state index in [1.165, 1.54) is 24.3 Å². The van der Waals surface area contributed by atoms with Gasteiger partial charge in [0.1, 0.15) is 11.6 Å². The highest BCUT2D eigenvalue weighted by Crippen LogP contribution is 2.17. The third kappa shape index (κ3) is 4.99. The molecule has 1 aromatic carbocycles. The van der Waals surface area contributed by atoms with Crippen LogP contribution in [-0.2, 0) is 14.3 Å². The van der Waals surface area contributed by atoms with E-state index in [1.54, 1.807) is 6.08 Å². The first kappa shape index (κ1) is 17.8. The normalized spacial score (nSPS) is 12.2. The van der Waals surface area contributed by atoms with Gasteiger partial charge in [0.25, 0.3) is 5.91 Å². The zero-order valence-corrected chi connectivity index (χ0v) is 13.8. The Kier molecular flexibility index (Phi) is 5.81. The smallest absolute Gasteiger partial charge is 0.331 e. The van der Waals surface area contributed by atoms with Crippen LogP contribution in [0.15, 0.2) is 36.4 Å². The van der Waals surface area contributed by atoms with E-state index < -0.39 is 29.6 Å². The van der Waals surface area contributed by atoms with Crippen LogP contribution < -0.4 is 5.32 Å². The van der Waals surface area contributed by atoms with E-state index in [0.717, 1.165) is 28.0 Å². The maximum atomic E-state index is 13.5. The van der Waals surface area contributed by atoms with E-state index in [0.29, 0.717) is 0 Å². The molecule has 1 heterocycles. The molecule has 126 valence electrons. The van der Waals surface area contributed by atoms with Crippen molar-refractivity contribution in [2.24, 2.45) is 0 Å².